The Kier molecular flexibility index (Phi) is 5.14. The van der Waals surface area contributed by atoms with Crippen molar-refractivity contribution >= 4 is 5.97 Å². The normalized spacial score (nSPS) is 21.0. The Morgan fingerprint density at radius 3 is 3.10 bits per heavy atom. The third kappa shape index (κ3) is 3.51. The Bertz CT molecular complexity index is 510. The first kappa shape index (κ1) is 15.7. The number of hydrogen-bond donors (Lipinski definition) is 2. The monoisotopic (exact) mass is 296 g/mol. The van der Waals surface area contributed by atoms with Crippen LogP contribution in [0.15, 0.2) is 18.2 Å². The van der Waals surface area contributed by atoms with Gasteiger partial charge >= 0.3 is 5.97 Å². The van der Waals surface area contributed by atoms with E-state index < -0.39 is 11.9 Å². The molecule has 0 amide bonds. The molecule has 2 N–H and O–H groups in total. The van der Waals surface area contributed by atoms with Crippen LogP contribution in [0.25, 0.3) is 0 Å². The van der Waals surface area contributed by atoms with E-state index in [1.165, 1.54) is 18.2 Å². The Hall–Kier alpha value is -1.66. The van der Waals surface area contributed by atoms with Gasteiger partial charge in [-0.15, -0.1) is 0 Å². The first-order chi connectivity index (χ1) is 10.0. The number of carbonyl (C=O) groups is 1. The lowest BCUT2D eigenvalue weighted by Crippen LogP contribution is -2.56. The minimum Gasteiger partial charge on any atom is -0.508 e. The molecule has 21 heavy (non-hydrogen) atoms. The lowest BCUT2D eigenvalue weighted by Gasteiger charge is -2.38. The van der Waals surface area contributed by atoms with Gasteiger partial charge in [0.05, 0.1) is 6.61 Å². The van der Waals surface area contributed by atoms with Gasteiger partial charge in [0.15, 0.2) is 0 Å². The molecule has 0 saturated carbocycles. The Morgan fingerprint density at radius 2 is 2.38 bits per heavy atom. The summed E-state index contributed by atoms with van der Waals surface area (Å²) >= 11 is 0. The Labute approximate surface area is 123 Å². The lowest BCUT2D eigenvalue weighted by molar-refractivity contribution is -0.151. The maximum Gasteiger partial charge on any atom is 0.324 e. The van der Waals surface area contributed by atoms with E-state index in [1.807, 2.05) is 11.8 Å². The number of carbonyl (C=O) groups excluding carboxylic acids is 1. The number of nitrogens with zero attached hydrogens (tertiary/aromatic N) is 1. The fourth-order valence-corrected chi connectivity index (χ4v) is 2.68. The van der Waals surface area contributed by atoms with E-state index in [9.17, 15) is 14.3 Å². The minimum absolute atomic E-state index is 0.0324. The van der Waals surface area contributed by atoms with Crippen molar-refractivity contribution in [2.75, 3.05) is 26.2 Å². The second kappa shape index (κ2) is 6.87. The van der Waals surface area contributed by atoms with Gasteiger partial charge < -0.3 is 15.2 Å². The first-order valence-electron chi connectivity index (χ1n) is 7.16. The number of esters is 1. The van der Waals surface area contributed by atoms with Crippen LogP contribution in [0.4, 0.5) is 4.39 Å². The second-order valence-corrected chi connectivity index (χ2v) is 5.09. The third-order valence-corrected chi connectivity index (χ3v) is 3.78. The molecule has 5 nitrogen and oxygen atoms in total. The van der Waals surface area contributed by atoms with Gasteiger partial charge in [0, 0.05) is 31.2 Å². The zero-order chi connectivity index (χ0) is 15.4. The summed E-state index contributed by atoms with van der Waals surface area (Å²) in [6.07, 6.45) is 0. The van der Waals surface area contributed by atoms with Crippen molar-refractivity contribution in [3.05, 3.63) is 29.6 Å². The first-order valence-corrected chi connectivity index (χ1v) is 7.16. The quantitative estimate of drug-likeness (QED) is 0.823. The summed E-state index contributed by atoms with van der Waals surface area (Å²) in [5, 5.41) is 13.1. The average Bonchev–Trinajstić information content (AvgIpc) is 2.49. The van der Waals surface area contributed by atoms with Gasteiger partial charge in [-0.05, 0) is 32.0 Å². The molecule has 1 aliphatic heterocycles. The van der Waals surface area contributed by atoms with Crippen molar-refractivity contribution in [1.29, 1.82) is 0 Å². The molecule has 1 heterocycles. The predicted octanol–water partition coefficient (Wildman–Crippen LogP) is 1.43. The van der Waals surface area contributed by atoms with Gasteiger partial charge in [0.1, 0.15) is 17.6 Å². The molecule has 1 saturated heterocycles. The molecule has 2 atom stereocenters. The summed E-state index contributed by atoms with van der Waals surface area (Å²) in [5.41, 5.74) is 0.478. The summed E-state index contributed by atoms with van der Waals surface area (Å²) in [6.45, 7) is 5.78. The number of phenolic OH excluding ortho intramolecular Hbond substituents is 1. The van der Waals surface area contributed by atoms with E-state index in [2.05, 4.69) is 5.32 Å². The van der Waals surface area contributed by atoms with E-state index in [1.54, 1.807) is 6.92 Å². The van der Waals surface area contributed by atoms with Crippen molar-refractivity contribution in [3.63, 3.8) is 0 Å². The van der Waals surface area contributed by atoms with E-state index >= 15 is 0 Å². The van der Waals surface area contributed by atoms with Gasteiger partial charge in [0.25, 0.3) is 0 Å². The van der Waals surface area contributed by atoms with Crippen LogP contribution in [0.1, 0.15) is 25.5 Å². The van der Waals surface area contributed by atoms with Crippen LogP contribution >= 0.6 is 0 Å². The number of ether oxygens (including phenoxy) is 1. The van der Waals surface area contributed by atoms with E-state index in [-0.39, 0.29) is 17.8 Å². The molecule has 2 rings (SSSR count). The predicted molar refractivity (Wildman–Crippen MR) is 76.5 cm³/mol. The molecule has 0 aliphatic carbocycles. The maximum absolute atomic E-state index is 13.4. The van der Waals surface area contributed by atoms with Crippen LogP contribution in [0, 0.1) is 5.82 Å². The molecule has 1 aromatic rings. The van der Waals surface area contributed by atoms with Crippen molar-refractivity contribution in [1.82, 2.24) is 10.2 Å². The molecular formula is C15H21FN2O3. The van der Waals surface area contributed by atoms with E-state index in [4.69, 9.17) is 4.74 Å². The smallest absolute Gasteiger partial charge is 0.324 e. The van der Waals surface area contributed by atoms with Gasteiger partial charge in [-0.1, -0.05) is 0 Å². The molecule has 1 fully saturated rings. The second-order valence-electron chi connectivity index (χ2n) is 5.09. The van der Waals surface area contributed by atoms with E-state index in [0.717, 1.165) is 6.54 Å². The molecule has 6 heteroatoms. The van der Waals surface area contributed by atoms with Crippen LogP contribution in [-0.2, 0) is 9.53 Å². The number of rotatable bonds is 4. The minimum atomic E-state index is -0.434. The SMILES string of the molecule is CCOC(=O)C1CNCCN1C(C)c1cc(F)ccc1O. The molecule has 0 aromatic heterocycles. The lowest BCUT2D eigenvalue weighted by atomic mass is 10.0. The highest BCUT2D eigenvalue weighted by atomic mass is 19.1. The zero-order valence-corrected chi connectivity index (χ0v) is 12.3. The highest BCUT2D eigenvalue weighted by Crippen LogP contribution is 2.31. The number of phenols is 1. The number of halogens is 1. The molecule has 1 aromatic carbocycles. The summed E-state index contributed by atoms with van der Waals surface area (Å²) in [6, 6.07) is 3.15. The van der Waals surface area contributed by atoms with Gasteiger partial charge in [-0.3, -0.25) is 9.69 Å². The summed E-state index contributed by atoms with van der Waals surface area (Å²) in [5.74, 6) is -0.671. The molecule has 1 aliphatic rings. The van der Waals surface area contributed by atoms with Crippen LogP contribution < -0.4 is 5.32 Å². The molecular weight excluding hydrogens is 275 g/mol. The zero-order valence-electron chi connectivity index (χ0n) is 12.3. The number of piperazine rings is 1. The van der Waals surface area contributed by atoms with E-state index in [0.29, 0.717) is 25.3 Å². The topological polar surface area (TPSA) is 61.8 Å². The summed E-state index contributed by atoms with van der Waals surface area (Å²) in [7, 11) is 0. The molecule has 0 radical (unpaired) electrons. The van der Waals surface area contributed by atoms with Gasteiger partial charge in [-0.25, -0.2) is 4.39 Å². The van der Waals surface area contributed by atoms with Gasteiger partial charge in [-0.2, -0.15) is 0 Å². The molecule has 116 valence electrons. The Morgan fingerprint density at radius 1 is 1.62 bits per heavy atom. The molecule has 0 bridgehead atoms. The van der Waals surface area contributed by atoms with Crippen molar-refractivity contribution in [2.24, 2.45) is 0 Å². The number of aromatic hydroxyl groups is 1. The number of benzene rings is 1. The highest BCUT2D eigenvalue weighted by molar-refractivity contribution is 5.76. The Balaban J connectivity index is 2.23. The van der Waals surface area contributed by atoms with Crippen LogP contribution in [0.2, 0.25) is 0 Å². The summed E-state index contributed by atoms with van der Waals surface area (Å²) < 4.78 is 18.5. The highest BCUT2D eigenvalue weighted by Gasteiger charge is 2.34. The van der Waals surface area contributed by atoms with Crippen molar-refractivity contribution in [2.45, 2.75) is 25.9 Å². The van der Waals surface area contributed by atoms with Crippen molar-refractivity contribution < 1.29 is 19.0 Å². The fourth-order valence-electron chi connectivity index (χ4n) is 2.68. The fraction of sp³-hybridized carbons (Fsp3) is 0.533. The van der Waals surface area contributed by atoms with Crippen LogP contribution in [0.3, 0.4) is 0 Å². The third-order valence-electron chi connectivity index (χ3n) is 3.78. The average molecular weight is 296 g/mol. The molecule has 2 unspecified atom stereocenters. The van der Waals surface area contributed by atoms with Crippen LogP contribution in [0.5, 0.6) is 5.75 Å². The standard InChI is InChI=1S/C15H21FN2O3/c1-3-21-15(20)13-9-17-6-7-18(13)10(2)12-8-11(16)4-5-14(12)19/h4-5,8,10,13,17,19H,3,6-7,9H2,1-2H3. The number of nitrogens with one attached hydrogen (secondary N) is 1. The van der Waals surface area contributed by atoms with Gasteiger partial charge in [0.2, 0.25) is 0 Å². The summed E-state index contributed by atoms with van der Waals surface area (Å²) in [4.78, 5) is 14.0. The largest absolute Gasteiger partial charge is 0.508 e. The van der Waals surface area contributed by atoms with Crippen LogP contribution in [-0.4, -0.2) is 48.3 Å². The maximum atomic E-state index is 13.4. The molecule has 0 spiro atoms. The number of hydrogen-bond acceptors (Lipinski definition) is 5. The van der Waals surface area contributed by atoms with Crippen molar-refractivity contribution in [3.8, 4) is 5.75 Å².